The number of hydrogen-bond acceptors (Lipinski definition) is 4. The normalized spacial score (nSPS) is 12.6. The number of sulfonamides is 1. The molecule has 4 aromatic carbocycles. The number of halogens is 2. The predicted octanol–water partition coefficient (Wildman–Crippen LogP) is 7.27. The van der Waals surface area contributed by atoms with Crippen molar-refractivity contribution in [1.82, 2.24) is 10.2 Å². The van der Waals surface area contributed by atoms with Crippen LogP contribution in [-0.2, 0) is 32.6 Å². The van der Waals surface area contributed by atoms with Crippen LogP contribution in [0.2, 0.25) is 0 Å². The van der Waals surface area contributed by atoms with E-state index in [1.54, 1.807) is 36.4 Å². The molecule has 0 radical (unpaired) electrons. The third-order valence-electron chi connectivity index (χ3n) is 7.52. The zero-order valence-electron chi connectivity index (χ0n) is 25.5. The number of carbonyl (C=O) groups is 2. The summed E-state index contributed by atoms with van der Waals surface area (Å²) in [5, 5.41) is 3.06. The Balaban J connectivity index is 1.80. The number of nitrogens with one attached hydrogen (secondary N) is 1. The molecule has 0 aliphatic heterocycles. The Labute approximate surface area is 283 Å². The molecule has 236 valence electrons. The highest BCUT2D eigenvalue weighted by molar-refractivity contribution is 9.10. The van der Waals surface area contributed by atoms with E-state index in [2.05, 4.69) is 37.2 Å². The van der Waals surface area contributed by atoms with Gasteiger partial charge in [-0.3, -0.25) is 13.9 Å². The van der Waals surface area contributed by atoms with Gasteiger partial charge in [0.1, 0.15) is 12.6 Å². The average molecular weight is 756 g/mol. The monoisotopic (exact) mass is 753 g/mol. The maximum atomic E-state index is 14.5. The second-order valence-corrected chi connectivity index (χ2v) is 14.7. The van der Waals surface area contributed by atoms with Crippen molar-refractivity contribution in [3.8, 4) is 0 Å². The van der Waals surface area contributed by atoms with Gasteiger partial charge >= 0.3 is 0 Å². The lowest BCUT2D eigenvalue weighted by Crippen LogP contribution is -2.54. The van der Waals surface area contributed by atoms with Crippen LogP contribution >= 0.6 is 31.9 Å². The molecule has 2 amide bonds. The summed E-state index contributed by atoms with van der Waals surface area (Å²) in [6.07, 6.45) is 0.974. The third-order valence-corrected chi connectivity index (χ3v) is 10.3. The average Bonchev–Trinajstić information content (AvgIpc) is 3.02. The fraction of sp³-hybridized carbons (Fsp3) is 0.257. The van der Waals surface area contributed by atoms with Gasteiger partial charge in [-0.1, -0.05) is 98.9 Å². The van der Waals surface area contributed by atoms with E-state index in [4.69, 9.17) is 0 Å². The van der Waals surface area contributed by atoms with Gasteiger partial charge < -0.3 is 10.2 Å². The van der Waals surface area contributed by atoms with E-state index in [1.165, 1.54) is 17.0 Å². The summed E-state index contributed by atoms with van der Waals surface area (Å²) >= 11 is 6.93. The zero-order valence-corrected chi connectivity index (χ0v) is 29.5. The van der Waals surface area contributed by atoms with Crippen molar-refractivity contribution in [3.05, 3.63) is 129 Å². The topological polar surface area (TPSA) is 86.8 Å². The van der Waals surface area contributed by atoms with Crippen molar-refractivity contribution in [2.75, 3.05) is 10.8 Å². The number of anilines is 1. The standard InChI is InChI=1S/C35H37Br2N3O4S/c1-4-26(3)38-35(42)33(22-27-9-6-5-7-10-27)39(23-28-11-8-12-30(37)21-28)34(41)24-40(31-17-15-29(36)16-18-31)45(43,44)32-19-13-25(2)14-20-32/h5-21,26,33H,4,22-24H2,1-3H3,(H,38,42)/t26-,33-/m1/s1. The van der Waals surface area contributed by atoms with Gasteiger partial charge in [0.2, 0.25) is 11.8 Å². The van der Waals surface area contributed by atoms with E-state index in [1.807, 2.05) is 75.4 Å². The molecule has 1 N–H and O–H groups in total. The molecular formula is C35H37Br2N3O4S. The lowest BCUT2D eigenvalue weighted by molar-refractivity contribution is -0.140. The first-order valence-electron chi connectivity index (χ1n) is 14.7. The molecular weight excluding hydrogens is 718 g/mol. The van der Waals surface area contributed by atoms with Gasteiger partial charge in [-0.15, -0.1) is 0 Å². The molecule has 0 aliphatic carbocycles. The summed E-state index contributed by atoms with van der Waals surface area (Å²) in [6.45, 7) is 5.37. The Morgan fingerprint density at radius 3 is 2.09 bits per heavy atom. The number of aryl methyl sites for hydroxylation is 1. The SMILES string of the molecule is CC[C@@H](C)NC(=O)[C@@H](Cc1ccccc1)N(Cc1cccc(Br)c1)C(=O)CN(c1ccc(Br)cc1)S(=O)(=O)c1ccc(C)cc1. The van der Waals surface area contributed by atoms with E-state index in [0.717, 1.165) is 36.4 Å². The van der Waals surface area contributed by atoms with Gasteiger partial charge in [0.25, 0.3) is 10.0 Å². The molecule has 0 heterocycles. The molecule has 0 fully saturated rings. The summed E-state index contributed by atoms with van der Waals surface area (Å²) in [7, 11) is -4.16. The summed E-state index contributed by atoms with van der Waals surface area (Å²) in [5.74, 6) is -0.804. The molecule has 0 bridgehead atoms. The van der Waals surface area contributed by atoms with Gasteiger partial charge in [0, 0.05) is 28.0 Å². The molecule has 4 aromatic rings. The molecule has 0 unspecified atom stereocenters. The highest BCUT2D eigenvalue weighted by atomic mass is 79.9. The second kappa shape index (κ2) is 15.7. The maximum absolute atomic E-state index is 14.5. The Morgan fingerprint density at radius 1 is 0.822 bits per heavy atom. The maximum Gasteiger partial charge on any atom is 0.264 e. The molecule has 0 saturated carbocycles. The number of carbonyl (C=O) groups excluding carboxylic acids is 2. The quantitative estimate of drug-likeness (QED) is 0.156. The smallest absolute Gasteiger partial charge is 0.264 e. The van der Waals surface area contributed by atoms with Gasteiger partial charge in [-0.2, -0.15) is 0 Å². The summed E-state index contributed by atoms with van der Waals surface area (Å²) < 4.78 is 31.0. The minimum atomic E-state index is -4.16. The zero-order chi connectivity index (χ0) is 32.6. The van der Waals surface area contributed by atoms with Crippen LogP contribution in [0.5, 0.6) is 0 Å². The highest BCUT2D eigenvalue weighted by Gasteiger charge is 2.35. The molecule has 0 aromatic heterocycles. The van der Waals surface area contributed by atoms with Crippen molar-refractivity contribution < 1.29 is 18.0 Å². The number of hydrogen-bond donors (Lipinski definition) is 1. The van der Waals surface area contributed by atoms with Crippen LogP contribution in [0, 0.1) is 6.92 Å². The minimum Gasteiger partial charge on any atom is -0.352 e. The molecule has 0 saturated heterocycles. The Morgan fingerprint density at radius 2 is 1.47 bits per heavy atom. The van der Waals surface area contributed by atoms with Crippen molar-refractivity contribution >= 4 is 59.4 Å². The Hall–Kier alpha value is -3.47. The van der Waals surface area contributed by atoms with Crippen molar-refractivity contribution in [3.63, 3.8) is 0 Å². The number of amides is 2. The van der Waals surface area contributed by atoms with E-state index in [-0.39, 0.29) is 29.8 Å². The molecule has 10 heteroatoms. The van der Waals surface area contributed by atoms with Crippen LogP contribution in [0.25, 0.3) is 0 Å². The van der Waals surface area contributed by atoms with E-state index in [0.29, 0.717) is 5.69 Å². The Bertz CT molecular complexity index is 1700. The molecule has 45 heavy (non-hydrogen) atoms. The minimum absolute atomic E-state index is 0.0673. The van der Waals surface area contributed by atoms with Crippen molar-refractivity contribution in [2.24, 2.45) is 0 Å². The van der Waals surface area contributed by atoms with Crippen LogP contribution in [0.4, 0.5) is 5.69 Å². The van der Waals surface area contributed by atoms with E-state index < -0.39 is 28.5 Å². The predicted molar refractivity (Wildman–Crippen MR) is 186 cm³/mol. The van der Waals surface area contributed by atoms with Crippen molar-refractivity contribution in [1.29, 1.82) is 0 Å². The summed E-state index contributed by atoms with van der Waals surface area (Å²) in [4.78, 5) is 30.0. The fourth-order valence-corrected chi connectivity index (χ4v) is 6.93. The number of nitrogens with zero attached hydrogens (tertiary/aromatic N) is 2. The van der Waals surface area contributed by atoms with E-state index >= 15 is 0 Å². The largest absolute Gasteiger partial charge is 0.352 e. The van der Waals surface area contributed by atoms with Crippen LogP contribution in [0.1, 0.15) is 37.0 Å². The Kier molecular flexibility index (Phi) is 12.0. The molecule has 0 spiro atoms. The lowest BCUT2D eigenvalue weighted by atomic mass is 10.0. The first-order chi connectivity index (χ1) is 21.5. The summed E-state index contributed by atoms with van der Waals surface area (Å²) in [5.41, 5.74) is 2.92. The fourth-order valence-electron chi connectivity index (χ4n) is 4.80. The first kappa shape index (κ1) is 34.4. The van der Waals surface area contributed by atoms with Gasteiger partial charge in [0.05, 0.1) is 10.6 Å². The molecule has 4 rings (SSSR count). The van der Waals surface area contributed by atoms with Gasteiger partial charge in [-0.25, -0.2) is 8.42 Å². The number of rotatable bonds is 13. The lowest BCUT2D eigenvalue weighted by Gasteiger charge is -2.34. The van der Waals surface area contributed by atoms with Crippen LogP contribution in [0.3, 0.4) is 0 Å². The molecule has 0 aliphatic rings. The van der Waals surface area contributed by atoms with Crippen molar-refractivity contribution in [2.45, 2.75) is 57.1 Å². The second-order valence-electron chi connectivity index (χ2n) is 11.0. The molecule has 7 nitrogen and oxygen atoms in total. The van der Waals surface area contributed by atoms with Crippen LogP contribution in [-0.4, -0.2) is 43.8 Å². The number of benzene rings is 4. The van der Waals surface area contributed by atoms with Crippen LogP contribution < -0.4 is 9.62 Å². The first-order valence-corrected chi connectivity index (χ1v) is 17.7. The van der Waals surface area contributed by atoms with Gasteiger partial charge in [-0.05, 0) is 79.9 Å². The van der Waals surface area contributed by atoms with E-state index in [9.17, 15) is 18.0 Å². The van der Waals surface area contributed by atoms with Crippen LogP contribution in [0.15, 0.2) is 117 Å². The summed E-state index contributed by atoms with van der Waals surface area (Å²) in [6, 6.07) is 29.3. The molecule has 2 atom stereocenters. The van der Waals surface area contributed by atoms with Gasteiger partial charge in [0.15, 0.2) is 0 Å². The highest BCUT2D eigenvalue weighted by Crippen LogP contribution is 2.27. The third kappa shape index (κ3) is 9.28.